The number of thioether (sulfide) groups is 1. The number of nitrogens with zero attached hydrogens (tertiary/aromatic N) is 3. The molecule has 3 N–H and O–H groups in total. The minimum atomic E-state index is -0.591. The van der Waals surface area contributed by atoms with Crippen molar-refractivity contribution in [1.82, 2.24) is 14.8 Å². The van der Waals surface area contributed by atoms with Crippen LogP contribution in [0.5, 0.6) is 0 Å². The Morgan fingerprint density at radius 3 is 2.69 bits per heavy atom. The fourth-order valence-corrected chi connectivity index (χ4v) is 4.34. The summed E-state index contributed by atoms with van der Waals surface area (Å²) in [6, 6.07) is 12.9. The third kappa shape index (κ3) is 3.86. The van der Waals surface area contributed by atoms with Gasteiger partial charge in [0.1, 0.15) is 11.9 Å². The van der Waals surface area contributed by atoms with Crippen molar-refractivity contribution in [3.63, 3.8) is 0 Å². The van der Waals surface area contributed by atoms with E-state index in [2.05, 4.69) is 15.4 Å². The van der Waals surface area contributed by atoms with E-state index in [9.17, 15) is 9.18 Å². The molecule has 2 heterocycles. The minimum absolute atomic E-state index is 0.358. The molecule has 0 radical (unpaired) electrons. The van der Waals surface area contributed by atoms with E-state index in [1.54, 1.807) is 23.7 Å². The molecule has 1 atom stereocenters. The number of halogens is 2. The lowest BCUT2D eigenvalue weighted by Gasteiger charge is -2.27. The first-order chi connectivity index (χ1) is 13.9. The van der Waals surface area contributed by atoms with Crippen LogP contribution < -0.4 is 11.1 Å². The fraction of sp³-hybridized carbons (Fsp3) is 0.150. The second kappa shape index (κ2) is 7.88. The van der Waals surface area contributed by atoms with Crippen LogP contribution in [0.15, 0.2) is 65.0 Å². The highest BCUT2D eigenvalue weighted by molar-refractivity contribution is 7.98. The number of carbonyl (C=O) groups excluding carboxylic acids is 1. The number of amides is 1. The second-order valence-corrected chi connectivity index (χ2v) is 7.87. The summed E-state index contributed by atoms with van der Waals surface area (Å²) in [5.41, 5.74) is 8.25. The van der Waals surface area contributed by atoms with Crippen LogP contribution in [0, 0.1) is 5.82 Å². The monoisotopic (exact) mass is 429 g/mol. The Labute approximate surface area is 176 Å². The van der Waals surface area contributed by atoms with Crippen molar-refractivity contribution < 1.29 is 9.18 Å². The van der Waals surface area contributed by atoms with Gasteiger partial charge in [-0.2, -0.15) is 4.98 Å². The average molecular weight is 430 g/mol. The molecule has 1 aliphatic heterocycles. The molecule has 29 heavy (non-hydrogen) atoms. The number of fused-ring (bicyclic) bond motifs is 1. The van der Waals surface area contributed by atoms with E-state index in [4.69, 9.17) is 17.3 Å². The van der Waals surface area contributed by atoms with E-state index in [-0.39, 0.29) is 5.82 Å². The number of hydrogen-bond acceptors (Lipinski definition) is 5. The molecule has 0 bridgehead atoms. The van der Waals surface area contributed by atoms with Crippen LogP contribution in [0.4, 0.5) is 10.3 Å². The summed E-state index contributed by atoms with van der Waals surface area (Å²) in [6.07, 6.45) is 0. The molecule has 4 rings (SSSR count). The quantitative estimate of drug-likeness (QED) is 0.595. The highest BCUT2D eigenvalue weighted by atomic mass is 35.5. The van der Waals surface area contributed by atoms with Crippen molar-refractivity contribution in [1.29, 1.82) is 0 Å². The van der Waals surface area contributed by atoms with Gasteiger partial charge in [0, 0.05) is 16.5 Å². The third-order valence-electron chi connectivity index (χ3n) is 4.60. The lowest BCUT2D eigenvalue weighted by atomic mass is 9.95. The zero-order valence-corrected chi connectivity index (χ0v) is 17.0. The Hall–Kier alpha value is -2.84. The van der Waals surface area contributed by atoms with Gasteiger partial charge in [0.2, 0.25) is 17.0 Å². The Bertz CT molecular complexity index is 1110. The zero-order chi connectivity index (χ0) is 20.5. The molecule has 1 amide bonds. The maximum Gasteiger partial charge on any atom is 0.248 e. The van der Waals surface area contributed by atoms with E-state index in [1.165, 1.54) is 23.9 Å². The van der Waals surface area contributed by atoms with Gasteiger partial charge in [0.05, 0.1) is 5.57 Å². The Morgan fingerprint density at radius 2 is 2.00 bits per heavy atom. The van der Waals surface area contributed by atoms with E-state index >= 15 is 0 Å². The van der Waals surface area contributed by atoms with Gasteiger partial charge in [-0.1, -0.05) is 53.7 Å². The molecular formula is C20H17ClFN5OS. The van der Waals surface area contributed by atoms with E-state index < -0.39 is 11.9 Å². The SMILES string of the molecule is CC1=C(C(N)=O)[C@H](c2ccc(F)cc2)n2nc(SCc3ccccc3Cl)nc2N1. The molecule has 9 heteroatoms. The van der Waals surface area contributed by atoms with Crippen LogP contribution in [0.3, 0.4) is 0 Å². The molecule has 0 fully saturated rings. The van der Waals surface area contributed by atoms with Crippen molar-refractivity contribution in [2.75, 3.05) is 5.32 Å². The molecule has 0 spiro atoms. The van der Waals surface area contributed by atoms with Crippen LogP contribution in [-0.4, -0.2) is 20.7 Å². The van der Waals surface area contributed by atoms with Crippen LogP contribution in [0.1, 0.15) is 24.1 Å². The number of hydrogen-bond donors (Lipinski definition) is 2. The van der Waals surface area contributed by atoms with Gasteiger partial charge in [0.25, 0.3) is 0 Å². The third-order valence-corrected chi connectivity index (χ3v) is 5.85. The molecule has 6 nitrogen and oxygen atoms in total. The Balaban J connectivity index is 1.69. The van der Waals surface area contributed by atoms with Crippen molar-refractivity contribution in [3.8, 4) is 0 Å². The molecule has 0 saturated carbocycles. The first kappa shape index (κ1) is 19.5. The topological polar surface area (TPSA) is 85.8 Å². The first-order valence-electron chi connectivity index (χ1n) is 8.80. The summed E-state index contributed by atoms with van der Waals surface area (Å²) in [4.78, 5) is 16.7. The maximum atomic E-state index is 13.4. The van der Waals surface area contributed by atoms with Crippen molar-refractivity contribution >= 4 is 35.2 Å². The number of nitrogens with one attached hydrogen (secondary N) is 1. The molecule has 0 unspecified atom stereocenters. The summed E-state index contributed by atoms with van der Waals surface area (Å²) in [7, 11) is 0. The predicted molar refractivity (Wildman–Crippen MR) is 111 cm³/mol. The van der Waals surface area contributed by atoms with Gasteiger partial charge in [-0.05, 0) is 36.2 Å². The second-order valence-electron chi connectivity index (χ2n) is 6.52. The first-order valence-corrected chi connectivity index (χ1v) is 10.2. The lowest BCUT2D eigenvalue weighted by molar-refractivity contribution is -0.115. The smallest absolute Gasteiger partial charge is 0.248 e. The van der Waals surface area contributed by atoms with Gasteiger partial charge < -0.3 is 11.1 Å². The fourth-order valence-electron chi connectivity index (χ4n) is 3.22. The van der Waals surface area contributed by atoms with Crippen molar-refractivity contribution in [2.24, 2.45) is 5.73 Å². The molecule has 0 aliphatic carbocycles. The largest absolute Gasteiger partial charge is 0.366 e. The maximum absolute atomic E-state index is 13.4. The number of allylic oxidation sites excluding steroid dienone is 1. The molecule has 1 aliphatic rings. The predicted octanol–water partition coefficient (Wildman–Crippen LogP) is 4.14. The Morgan fingerprint density at radius 1 is 1.28 bits per heavy atom. The minimum Gasteiger partial charge on any atom is -0.366 e. The van der Waals surface area contributed by atoms with Crippen LogP contribution >= 0.6 is 23.4 Å². The molecule has 3 aromatic rings. The Kier molecular flexibility index (Phi) is 5.29. The number of anilines is 1. The normalized spacial score (nSPS) is 15.8. The number of carbonyl (C=O) groups is 1. The van der Waals surface area contributed by atoms with Crippen LogP contribution in [-0.2, 0) is 10.5 Å². The van der Waals surface area contributed by atoms with Gasteiger partial charge in [-0.3, -0.25) is 4.79 Å². The zero-order valence-electron chi connectivity index (χ0n) is 15.4. The van der Waals surface area contributed by atoms with Gasteiger partial charge in [0.15, 0.2) is 0 Å². The summed E-state index contributed by atoms with van der Waals surface area (Å²) >= 11 is 7.65. The van der Waals surface area contributed by atoms with Crippen molar-refractivity contribution in [2.45, 2.75) is 23.9 Å². The number of aromatic nitrogens is 3. The number of benzene rings is 2. The van der Waals surface area contributed by atoms with Gasteiger partial charge in [-0.25, -0.2) is 9.07 Å². The van der Waals surface area contributed by atoms with E-state index in [1.807, 2.05) is 24.3 Å². The summed E-state index contributed by atoms with van der Waals surface area (Å²) < 4.78 is 15.0. The highest BCUT2D eigenvalue weighted by Crippen LogP contribution is 2.36. The number of rotatable bonds is 5. The molecule has 148 valence electrons. The number of nitrogens with two attached hydrogens (primary N) is 1. The summed E-state index contributed by atoms with van der Waals surface area (Å²) in [5, 5.41) is 8.86. The lowest BCUT2D eigenvalue weighted by Crippen LogP contribution is -2.31. The molecular weight excluding hydrogens is 413 g/mol. The molecule has 0 saturated heterocycles. The summed E-state index contributed by atoms with van der Waals surface area (Å²) in [5.74, 6) is 0.150. The van der Waals surface area contributed by atoms with Crippen LogP contribution in [0.2, 0.25) is 5.02 Å². The van der Waals surface area contributed by atoms with Crippen molar-refractivity contribution in [3.05, 3.63) is 81.8 Å². The van der Waals surface area contributed by atoms with Gasteiger partial charge in [-0.15, -0.1) is 5.10 Å². The summed E-state index contributed by atoms with van der Waals surface area (Å²) in [6.45, 7) is 1.76. The van der Waals surface area contributed by atoms with E-state index in [0.717, 1.165) is 5.56 Å². The van der Waals surface area contributed by atoms with E-state index in [0.29, 0.717) is 38.7 Å². The number of primary amides is 1. The van der Waals surface area contributed by atoms with Crippen LogP contribution in [0.25, 0.3) is 0 Å². The standard InChI is InChI=1S/C20H17ClFN5OS/c1-11-16(18(23)28)17(12-6-8-14(22)9-7-12)27-19(24-11)25-20(26-27)29-10-13-4-2-3-5-15(13)21/h2-9,17H,10H2,1H3,(H2,23,28)(H,24,25,26)/t17-/m0/s1. The van der Waals surface area contributed by atoms with Gasteiger partial charge >= 0.3 is 0 Å². The average Bonchev–Trinajstić information content (AvgIpc) is 3.09. The molecule has 1 aromatic heterocycles. The highest BCUT2D eigenvalue weighted by Gasteiger charge is 2.33. The molecule has 2 aromatic carbocycles.